The first-order valence-corrected chi connectivity index (χ1v) is 9.12. The molecule has 140 valence electrons. The number of carbonyl (C=O) groups excluding carboxylic acids is 3. The highest BCUT2D eigenvalue weighted by atomic mass is 35.5. The number of carboxylic acids is 1. The topological polar surface area (TPSA) is 136 Å². The molecule has 0 aromatic heterocycles. The molecular weight excluding hydrogens is 376 g/mol. The molecule has 1 saturated heterocycles. The van der Waals surface area contributed by atoms with E-state index in [1.807, 2.05) is 0 Å². The van der Waals surface area contributed by atoms with Gasteiger partial charge < -0.3 is 24.6 Å². The lowest BCUT2D eigenvalue weighted by Crippen LogP contribution is -2.71. The van der Waals surface area contributed by atoms with E-state index in [4.69, 9.17) is 16.7 Å². The number of hydrogen-bond donors (Lipinski definition) is 2. The zero-order chi connectivity index (χ0) is 19.1. The van der Waals surface area contributed by atoms with Crippen molar-refractivity contribution in [2.75, 3.05) is 25.3 Å². The van der Waals surface area contributed by atoms with Gasteiger partial charge in [-0.05, 0) is 23.7 Å². The number of nitrogens with zero attached hydrogens (tertiary/aromatic N) is 1. The average Bonchev–Trinajstić information content (AvgIpc) is 2.57. The molecule has 3 atom stereocenters. The third-order valence-corrected chi connectivity index (χ3v) is 4.95. The predicted molar refractivity (Wildman–Crippen MR) is 89.2 cm³/mol. The molecule has 1 aliphatic heterocycles. The molecule has 0 saturated carbocycles. The summed E-state index contributed by atoms with van der Waals surface area (Å²) in [5.41, 5.74) is 0.448. The molecule has 11 heteroatoms. The highest BCUT2D eigenvalue weighted by Crippen LogP contribution is 2.27. The van der Waals surface area contributed by atoms with Gasteiger partial charge in [0.25, 0.3) is 0 Å². The van der Waals surface area contributed by atoms with Crippen LogP contribution < -0.4 is 5.32 Å². The summed E-state index contributed by atoms with van der Waals surface area (Å²) < 4.78 is 16.5. The van der Waals surface area contributed by atoms with Crippen molar-refractivity contribution in [3.63, 3.8) is 0 Å². The number of ether oxygens (including phenoxy) is 1. The molecule has 2 amide bonds. The second kappa shape index (κ2) is 9.64. The molecule has 25 heavy (non-hydrogen) atoms. The molecule has 0 spiro atoms. The lowest BCUT2D eigenvalue weighted by atomic mass is 9.89. The third-order valence-electron chi connectivity index (χ3n) is 3.46. The smallest absolute Gasteiger partial charge is 0.323 e. The fourth-order valence-electron chi connectivity index (χ4n) is 2.35. The molecule has 0 aromatic carbocycles. The van der Waals surface area contributed by atoms with Crippen molar-refractivity contribution in [3.8, 4) is 0 Å². The summed E-state index contributed by atoms with van der Waals surface area (Å²) in [5, 5.41) is 12.7. The highest BCUT2D eigenvalue weighted by Gasteiger charge is 2.50. The monoisotopic (exact) mass is 394 g/mol. The summed E-state index contributed by atoms with van der Waals surface area (Å²) in [6, 6.07) is -1.70. The molecule has 0 bridgehead atoms. The van der Waals surface area contributed by atoms with Gasteiger partial charge in [0.05, 0.1) is 19.6 Å². The van der Waals surface area contributed by atoms with Crippen LogP contribution in [0.15, 0.2) is 11.0 Å². The number of halogens is 1. The van der Waals surface area contributed by atoms with Crippen LogP contribution in [-0.2, 0) is 35.1 Å². The molecule has 9 nitrogen and oxygen atoms in total. The SMILES string of the molecule is COC(=O)CC[S+]([O-])C=C(C)C1C(NC(=O)CCl)C(=O)N1CC(=O)O. The second-order valence-corrected chi connectivity index (χ2v) is 6.93. The maximum absolute atomic E-state index is 12.0. The van der Waals surface area contributed by atoms with Gasteiger partial charge in [0.1, 0.15) is 29.6 Å². The lowest BCUT2D eigenvalue weighted by molar-refractivity contribution is -0.157. The van der Waals surface area contributed by atoms with E-state index >= 15 is 0 Å². The van der Waals surface area contributed by atoms with Crippen molar-refractivity contribution in [3.05, 3.63) is 11.0 Å². The zero-order valence-corrected chi connectivity index (χ0v) is 15.3. The van der Waals surface area contributed by atoms with E-state index in [-0.39, 0.29) is 18.1 Å². The molecule has 1 heterocycles. The number of hydrogen-bond acceptors (Lipinski definition) is 6. The van der Waals surface area contributed by atoms with E-state index in [1.54, 1.807) is 6.92 Å². The quantitative estimate of drug-likeness (QED) is 0.226. The Balaban J connectivity index is 2.85. The Kier molecular flexibility index (Phi) is 8.20. The summed E-state index contributed by atoms with van der Waals surface area (Å²) in [6.45, 7) is 1.03. The largest absolute Gasteiger partial charge is 0.612 e. The molecular formula is C14H19ClN2O7S. The van der Waals surface area contributed by atoms with E-state index in [0.29, 0.717) is 5.57 Å². The van der Waals surface area contributed by atoms with Gasteiger partial charge in [-0.1, -0.05) is 0 Å². The van der Waals surface area contributed by atoms with E-state index in [0.717, 1.165) is 4.90 Å². The van der Waals surface area contributed by atoms with Crippen molar-refractivity contribution >= 4 is 46.5 Å². The van der Waals surface area contributed by atoms with Crippen LogP contribution in [0.4, 0.5) is 0 Å². The minimum absolute atomic E-state index is 0.0301. The van der Waals surface area contributed by atoms with Gasteiger partial charge in [0.15, 0.2) is 0 Å². The summed E-state index contributed by atoms with van der Waals surface area (Å²) in [4.78, 5) is 46.5. The molecule has 3 unspecified atom stereocenters. The number of likely N-dealkylation sites (tertiary alicyclic amines) is 1. The van der Waals surface area contributed by atoms with Crippen LogP contribution >= 0.6 is 11.6 Å². The van der Waals surface area contributed by atoms with E-state index in [1.165, 1.54) is 12.5 Å². The summed E-state index contributed by atoms with van der Waals surface area (Å²) >= 11 is 3.89. The summed E-state index contributed by atoms with van der Waals surface area (Å²) in [7, 11) is 1.22. The van der Waals surface area contributed by atoms with Crippen molar-refractivity contribution in [1.29, 1.82) is 0 Å². The van der Waals surface area contributed by atoms with Crippen LogP contribution in [0.2, 0.25) is 0 Å². The Morgan fingerprint density at radius 3 is 2.64 bits per heavy atom. The first-order valence-electron chi connectivity index (χ1n) is 7.21. The van der Waals surface area contributed by atoms with Crippen molar-refractivity contribution in [1.82, 2.24) is 10.2 Å². The van der Waals surface area contributed by atoms with Crippen LogP contribution in [0.1, 0.15) is 13.3 Å². The third kappa shape index (κ3) is 5.91. The normalized spacial score (nSPS) is 21.4. The number of carboxylic acid groups (broad SMARTS) is 1. The zero-order valence-electron chi connectivity index (χ0n) is 13.7. The van der Waals surface area contributed by atoms with Gasteiger partial charge in [0, 0.05) is 0 Å². The first kappa shape index (κ1) is 21.3. The fourth-order valence-corrected chi connectivity index (χ4v) is 3.47. The van der Waals surface area contributed by atoms with Crippen molar-refractivity contribution < 1.29 is 33.6 Å². The Labute approximate surface area is 152 Å². The Hall–Kier alpha value is -1.78. The maximum atomic E-state index is 12.0. The number of esters is 1. The second-order valence-electron chi connectivity index (χ2n) is 5.26. The number of rotatable bonds is 9. The Bertz CT molecular complexity index is 584. The van der Waals surface area contributed by atoms with Gasteiger partial charge in [-0.25, -0.2) is 0 Å². The maximum Gasteiger partial charge on any atom is 0.323 e. The molecule has 1 rings (SSSR count). The molecule has 0 aromatic rings. The minimum Gasteiger partial charge on any atom is -0.612 e. The van der Waals surface area contributed by atoms with Crippen molar-refractivity contribution in [2.45, 2.75) is 25.4 Å². The van der Waals surface area contributed by atoms with E-state index < -0.39 is 53.6 Å². The molecule has 2 N–H and O–H groups in total. The average molecular weight is 395 g/mol. The van der Waals surface area contributed by atoms with E-state index in [2.05, 4.69) is 10.1 Å². The van der Waals surface area contributed by atoms with E-state index in [9.17, 15) is 23.7 Å². The van der Waals surface area contributed by atoms with Crippen LogP contribution in [0.5, 0.6) is 0 Å². The molecule has 0 aliphatic carbocycles. The standard InChI is InChI=1S/C14H19ClN2O7S/c1-8(7-25(23)4-3-11(21)24-2)13-12(16-9(18)5-15)14(22)17(13)6-10(19)20/h7,12-13H,3-6H2,1-2H3,(H,16,18)(H,19,20). The first-order chi connectivity index (χ1) is 11.7. The number of amides is 2. The number of β-lactam (4-membered cyclic amide) rings is 1. The number of nitrogens with one attached hydrogen (secondary N) is 1. The Morgan fingerprint density at radius 1 is 1.48 bits per heavy atom. The number of carbonyl (C=O) groups is 4. The number of alkyl halides is 1. The van der Waals surface area contributed by atoms with Crippen molar-refractivity contribution in [2.24, 2.45) is 0 Å². The fraction of sp³-hybridized carbons (Fsp3) is 0.571. The van der Waals surface area contributed by atoms with Crippen LogP contribution in [0.25, 0.3) is 0 Å². The van der Waals surface area contributed by atoms with Gasteiger partial charge in [0.2, 0.25) is 11.8 Å². The number of aliphatic carboxylic acids is 1. The Morgan fingerprint density at radius 2 is 2.12 bits per heavy atom. The van der Waals surface area contributed by atoms with Gasteiger partial charge >= 0.3 is 11.9 Å². The van der Waals surface area contributed by atoms with Crippen LogP contribution in [0.3, 0.4) is 0 Å². The van der Waals surface area contributed by atoms with Crippen LogP contribution in [0, 0.1) is 0 Å². The molecule has 0 radical (unpaired) electrons. The predicted octanol–water partition coefficient (Wildman–Crippen LogP) is -0.779. The van der Waals surface area contributed by atoms with Gasteiger partial charge in [-0.3, -0.25) is 19.2 Å². The lowest BCUT2D eigenvalue weighted by Gasteiger charge is -2.46. The number of methoxy groups -OCH3 is 1. The molecule has 1 aliphatic rings. The highest BCUT2D eigenvalue weighted by molar-refractivity contribution is 7.94. The van der Waals surface area contributed by atoms with Gasteiger partial charge in [-0.15, -0.1) is 11.6 Å². The van der Waals surface area contributed by atoms with Gasteiger partial charge in [-0.2, -0.15) is 0 Å². The minimum atomic E-state index is -1.52. The van der Waals surface area contributed by atoms with Crippen LogP contribution in [-0.4, -0.2) is 75.7 Å². The molecule has 1 fully saturated rings. The summed E-state index contributed by atoms with van der Waals surface area (Å²) in [5.74, 6) is -3.15. The summed E-state index contributed by atoms with van der Waals surface area (Å²) in [6.07, 6.45) is -0.0399.